The Hall–Kier alpha value is -1.36. The van der Waals surface area contributed by atoms with E-state index in [-0.39, 0.29) is 6.10 Å². The maximum Gasteiger partial charge on any atom is 0.224 e. The smallest absolute Gasteiger partial charge is 0.224 e. The molecule has 5 nitrogen and oxygen atoms in total. The summed E-state index contributed by atoms with van der Waals surface area (Å²) in [4.78, 5) is 10.3. The maximum atomic E-state index is 9.18. The predicted molar refractivity (Wildman–Crippen MR) is 61.1 cm³/mol. The van der Waals surface area contributed by atoms with Crippen molar-refractivity contribution in [1.82, 2.24) is 9.97 Å². The van der Waals surface area contributed by atoms with E-state index < -0.39 is 0 Å². The van der Waals surface area contributed by atoms with Gasteiger partial charge in [-0.3, -0.25) is 0 Å². The highest BCUT2D eigenvalue weighted by Gasteiger charge is 2.05. The SMILES string of the molecule is CNc1nccc(N(C)CCC(C)O)n1. The normalized spacial score (nSPS) is 12.3. The molecule has 1 heterocycles. The zero-order valence-electron chi connectivity index (χ0n) is 9.44. The Kier molecular flexibility index (Phi) is 4.30. The number of aliphatic hydroxyl groups is 1. The minimum absolute atomic E-state index is 0.280. The van der Waals surface area contributed by atoms with E-state index in [4.69, 9.17) is 0 Å². The highest BCUT2D eigenvalue weighted by atomic mass is 16.3. The molecular weight excluding hydrogens is 192 g/mol. The molecule has 0 fully saturated rings. The van der Waals surface area contributed by atoms with Crippen molar-refractivity contribution in [2.45, 2.75) is 19.4 Å². The summed E-state index contributed by atoms with van der Waals surface area (Å²) in [5, 5.41) is 12.1. The molecule has 0 aliphatic rings. The second-order valence-electron chi connectivity index (χ2n) is 3.55. The molecule has 0 aliphatic heterocycles. The molecule has 1 atom stereocenters. The van der Waals surface area contributed by atoms with Crippen LogP contribution in [0.2, 0.25) is 0 Å². The Morgan fingerprint density at radius 2 is 2.33 bits per heavy atom. The number of hydrogen-bond acceptors (Lipinski definition) is 5. The Bertz CT molecular complexity index is 303. The largest absolute Gasteiger partial charge is 0.393 e. The van der Waals surface area contributed by atoms with E-state index in [0.29, 0.717) is 5.95 Å². The molecule has 1 aromatic heterocycles. The molecule has 0 radical (unpaired) electrons. The molecule has 15 heavy (non-hydrogen) atoms. The van der Waals surface area contributed by atoms with Crippen LogP contribution in [0.5, 0.6) is 0 Å². The number of aliphatic hydroxyl groups excluding tert-OH is 1. The molecule has 0 bridgehead atoms. The van der Waals surface area contributed by atoms with Crippen molar-refractivity contribution in [1.29, 1.82) is 0 Å². The first kappa shape index (κ1) is 11.7. The first-order chi connectivity index (χ1) is 7.13. The predicted octanol–water partition coefficient (Wildman–Crippen LogP) is 0.725. The van der Waals surface area contributed by atoms with Gasteiger partial charge in [-0.05, 0) is 19.4 Å². The quantitative estimate of drug-likeness (QED) is 0.750. The zero-order chi connectivity index (χ0) is 11.3. The third-order valence-corrected chi connectivity index (χ3v) is 2.14. The fourth-order valence-electron chi connectivity index (χ4n) is 1.18. The van der Waals surface area contributed by atoms with Crippen LogP contribution in [0.1, 0.15) is 13.3 Å². The number of rotatable bonds is 5. The maximum absolute atomic E-state index is 9.18. The summed E-state index contributed by atoms with van der Waals surface area (Å²) in [7, 11) is 3.74. The van der Waals surface area contributed by atoms with Crippen molar-refractivity contribution in [3.05, 3.63) is 12.3 Å². The Balaban J connectivity index is 2.60. The van der Waals surface area contributed by atoms with Gasteiger partial charge in [-0.2, -0.15) is 4.98 Å². The van der Waals surface area contributed by atoms with Crippen molar-refractivity contribution in [2.24, 2.45) is 0 Å². The number of hydrogen-bond donors (Lipinski definition) is 2. The molecule has 0 aromatic carbocycles. The average molecular weight is 210 g/mol. The summed E-state index contributed by atoms with van der Waals surface area (Å²) < 4.78 is 0. The van der Waals surface area contributed by atoms with Crippen LogP contribution in [0, 0.1) is 0 Å². The van der Waals surface area contributed by atoms with Crippen LogP contribution in [-0.4, -0.2) is 41.8 Å². The fraction of sp³-hybridized carbons (Fsp3) is 0.600. The van der Waals surface area contributed by atoms with Crippen LogP contribution < -0.4 is 10.2 Å². The second kappa shape index (κ2) is 5.50. The van der Waals surface area contributed by atoms with Gasteiger partial charge in [0.05, 0.1) is 6.10 Å². The van der Waals surface area contributed by atoms with Crippen LogP contribution in [0.15, 0.2) is 12.3 Å². The van der Waals surface area contributed by atoms with E-state index in [2.05, 4.69) is 15.3 Å². The minimum Gasteiger partial charge on any atom is -0.393 e. The van der Waals surface area contributed by atoms with E-state index in [1.54, 1.807) is 20.2 Å². The van der Waals surface area contributed by atoms with Crippen molar-refractivity contribution < 1.29 is 5.11 Å². The Morgan fingerprint density at radius 1 is 1.60 bits per heavy atom. The molecule has 0 amide bonds. The number of nitrogens with one attached hydrogen (secondary N) is 1. The summed E-state index contributed by atoms with van der Waals surface area (Å²) >= 11 is 0. The standard InChI is InChI=1S/C10H18N4O/c1-8(15)5-7-14(3)9-4-6-12-10(11-2)13-9/h4,6,8,15H,5,7H2,1-3H3,(H,11,12,13). The van der Waals surface area contributed by atoms with Gasteiger partial charge < -0.3 is 15.3 Å². The summed E-state index contributed by atoms with van der Waals surface area (Å²) in [5.41, 5.74) is 0. The molecule has 1 rings (SSSR count). The lowest BCUT2D eigenvalue weighted by Gasteiger charge is -2.19. The lowest BCUT2D eigenvalue weighted by molar-refractivity contribution is 0.187. The molecule has 1 unspecified atom stereocenters. The molecule has 0 saturated carbocycles. The van der Waals surface area contributed by atoms with E-state index >= 15 is 0 Å². The summed E-state index contributed by atoms with van der Waals surface area (Å²) in [6.07, 6.45) is 2.17. The summed E-state index contributed by atoms with van der Waals surface area (Å²) in [6.45, 7) is 2.56. The third kappa shape index (κ3) is 3.71. The highest BCUT2D eigenvalue weighted by Crippen LogP contribution is 2.10. The van der Waals surface area contributed by atoms with E-state index in [1.165, 1.54) is 0 Å². The van der Waals surface area contributed by atoms with E-state index in [9.17, 15) is 5.11 Å². The third-order valence-electron chi connectivity index (χ3n) is 2.14. The van der Waals surface area contributed by atoms with Crippen LogP contribution >= 0.6 is 0 Å². The van der Waals surface area contributed by atoms with Gasteiger partial charge in [0.25, 0.3) is 0 Å². The van der Waals surface area contributed by atoms with Crippen molar-refractivity contribution >= 4 is 11.8 Å². The summed E-state index contributed by atoms with van der Waals surface area (Å²) in [5.74, 6) is 1.46. The number of aromatic nitrogens is 2. The van der Waals surface area contributed by atoms with Gasteiger partial charge in [-0.25, -0.2) is 4.98 Å². The molecule has 5 heteroatoms. The zero-order valence-corrected chi connectivity index (χ0v) is 9.44. The van der Waals surface area contributed by atoms with Gasteiger partial charge >= 0.3 is 0 Å². The molecule has 0 saturated heterocycles. The average Bonchev–Trinajstić information content (AvgIpc) is 2.26. The van der Waals surface area contributed by atoms with Gasteiger partial charge in [0.15, 0.2) is 0 Å². The van der Waals surface area contributed by atoms with E-state index in [0.717, 1.165) is 18.8 Å². The first-order valence-corrected chi connectivity index (χ1v) is 5.03. The van der Waals surface area contributed by atoms with Crippen molar-refractivity contribution in [3.63, 3.8) is 0 Å². The topological polar surface area (TPSA) is 61.3 Å². The molecule has 2 N–H and O–H groups in total. The monoisotopic (exact) mass is 210 g/mol. The van der Waals surface area contributed by atoms with Crippen molar-refractivity contribution in [2.75, 3.05) is 30.9 Å². The number of anilines is 2. The van der Waals surface area contributed by atoms with Crippen LogP contribution in [0.3, 0.4) is 0 Å². The van der Waals surface area contributed by atoms with Crippen LogP contribution in [-0.2, 0) is 0 Å². The molecule has 84 valence electrons. The van der Waals surface area contributed by atoms with Crippen LogP contribution in [0.25, 0.3) is 0 Å². The van der Waals surface area contributed by atoms with Gasteiger partial charge in [-0.1, -0.05) is 0 Å². The second-order valence-corrected chi connectivity index (χ2v) is 3.55. The molecule has 0 spiro atoms. The molecule has 0 aliphatic carbocycles. The lowest BCUT2D eigenvalue weighted by Crippen LogP contribution is -2.23. The van der Waals surface area contributed by atoms with Crippen LogP contribution in [0.4, 0.5) is 11.8 Å². The lowest BCUT2D eigenvalue weighted by atomic mass is 10.3. The van der Waals surface area contributed by atoms with Gasteiger partial charge in [0, 0.05) is 26.8 Å². The minimum atomic E-state index is -0.280. The highest BCUT2D eigenvalue weighted by molar-refractivity contribution is 5.41. The summed E-state index contributed by atoms with van der Waals surface area (Å²) in [6, 6.07) is 1.85. The Labute approximate surface area is 90.2 Å². The fourth-order valence-corrected chi connectivity index (χ4v) is 1.18. The number of nitrogens with zero attached hydrogens (tertiary/aromatic N) is 3. The first-order valence-electron chi connectivity index (χ1n) is 5.03. The molecular formula is C10H18N4O. The van der Waals surface area contributed by atoms with Crippen molar-refractivity contribution in [3.8, 4) is 0 Å². The molecule has 1 aromatic rings. The van der Waals surface area contributed by atoms with Gasteiger partial charge in [0.2, 0.25) is 5.95 Å². The Morgan fingerprint density at radius 3 is 2.93 bits per heavy atom. The van der Waals surface area contributed by atoms with Gasteiger partial charge in [0.1, 0.15) is 5.82 Å². The van der Waals surface area contributed by atoms with Gasteiger partial charge in [-0.15, -0.1) is 0 Å². The van der Waals surface area contributed by atoms with E-state index in [1.807, 2.05) is 18.0 Å².